The van der Waals surface area contributed by atoms with Gasteiger partial charge in [0.1, 0.15) is 5.60 Å². The minimum Gasteiger partial charge on any atom is -0.382 e. The van der Waals surface area contributed by atoms with Gasteiger partial charge in [0.25, 0.3) is 0 Å². The smallest absolute Gasteiger partial charge is 0.119 e. The highest BCUT2D eigenvalue weighted by atomic mass is 16.3. The van der Waals surface area contributed by atoms with Crippen LogP contribution in [0, 0.1) is 0 Å². The lowest BCUT2D eigenvalue weighted by molar-refractivity contribution is 0.0141. The second-order valence-electron chi connectivity index (χ2n) is 4.14. The van der Waals surface area contributed by atoms with Crippen LogP contribution in [-0.2, 0) is 12.6 Å². The normalized spacial score (nSPS) is 26.4. The summed E-state index contributed by atoms with van der Waals surface area (Å²) >= 11 is 0. The second-order valence-corrected chi connectivity index (χ2v) is 4.14. The van der Waals surface area contributed by atoms with Crippen molar-refractivity contribution in [1.82, 2.24) is 15.1 Å². The molecule has 0 bridgehead atoms. The third-order valence-corrected chi connectivity index (χ3v) is 3.08. The van der Waals surface area contributed by atoms with Crippen molar-refractivity contribution < 1.29 is 5.11 Å². The fourth-order valence-corrected chi connectivity index (χ4v) is 2.21. The lowest BCUT2D eigenvalue weighted by Crippen LogP contribution is -2.44. The molecular weight excluding hydrogens is 178 g/mol. The van der Waals surface area contributed by atoms with Gasteiger partial charge in [0.15, 0.2) is 0 Å². The number of aryl methyl sites for hydroxylation is 1. The molecule has 4 nitrogen and oxygen atoms in total. The van der Waals surface area contributed by atoms with Crippen molar-refractivity contribution in [2.45, 2.75) is 31.4 Å². The number of hydrogen-bond donors (Lipinski definition) is 2. The lowest BCUT2D eigenvalue weighted by Gasteiger charge is -2.30. The summed E-state index contributed by atoms with van der Waals surface area (Å²) in [5, 5.41) is 17.8. The van der Waals surface area contributed by atoms with Crippen molar-refractivity contribution in [3.05, 3.63) is 18.0 Å². The SMILES string of the molecule is Cn1nccc1C(C)(O)C1CCCN1. The van der Waals surface area contributed by atoms with Gasteiger partial charge in [-0.25, -0.2) is 0 Å². The predicted octanol–water partition coefficient (Wildman–Crippen LogP) is 0.380. The number of nitrogens with one attached hydrogen (secondary N) is 1. The molecule has 1 aromatic heterocycles. The van der Waals surface area contributed by atoms with Crippen LogP contribution in [0.25, 0.3) is 0 Å². The fraction of sp³-hybridized carbons (Fsp3) is 0.700. The summed E-state index contributed by atoms with van der Waals surface area (Å²) in [6, 6.07) is 2.03. The molecule has 0 spiro atoms. The van der Waals surface area contributed by atoms with Gasteiger partial charge < -0.3 is 10.4 Å². The van der Waals surface area contributed by atoms with Crippen molar-refractivity contribution in [1.29, 1.82) is 0 Å². The number of hydrogen-bond acceptors (Lipinski definition) is 3. The Kier molecular flexibility index (Phi) is 2.33. The quantitative estimate of drug-likeness (QED) is 0.717. The van der Waals surface area contributed by atoms with E-state index in [2.05, 4.69) is 10.4 Å². The van der Waals surface area contributed by atoms with Gasteiger partial charge in [-0.3, -0.25) is 4.68 Å². The Labute approximate surface area is 83.9 Å². The molecule has 2 rings (SSSR count). The predicted molar refractivity (Wildman–Crippen MR) is 53.8 cm³/mol. The first-order chi connectivity index (χ1) is 6.62. The average molecular weight is 195 g/mol. The second kappa shape index (κ2) is 3.37. The number of aromatic nitrogens is 2. The Balaban J connectivity index is 2.26. The number of aliphatic hydroxyl groups is 1. The zero-order valence-electron chi connectivity index (χ0n) is 8.70. The molecular formula is C10H17N3O. The molecule has 0 aromatic carbocycles. The van der Waals surface area contributed by atoms with Crippen LogP contribution in [0.1, 0.15) is 25.5 Å². The van der Waals surface area contributed by atoms with Gasteiger partial charge in [-0.2, -0.15) is 5.10 Å². The van der Waals surface area contributed by atoms with E-state index in [9.17, 15) is 5.11 Å². The summed E-state index contributed by atoms with van der Waals surface area (Å²) in [7, 11) is 1.86. The molecule has 1 aliphatic heterocycles. The van der Waals surface area contributed by atoms with Crippen molar-refractivity contribution in [3.8, 4) is 0 Å². The molecule has 4 heteroatoms. The maximum atomic E-state index is 10.4. The zero-order valence-corrected chi connectivity index (χ0v) is 8.70. The van der Waals surface area contributed by atoms with Gasteiger partial charge in [0.05, 0.1) is 5.69 Å². The van der Waals surface area contributed by atoms with E-state index < -0.39 is 5.60 Å². The van der Waals surface area contributed by atoms with Crippen molar-refractivity contribution in [2.24, 2.45) is 7.05 Å². The third kappa shape index (κ3) is 1.44. The fourth-order valence-electron chi connectivity index (χ4n) is 2.21. The summed E-state index contributed by atoms with van der Waals surface area (Å²) in [6.45, 7) is 2.85. The van der Waals surface area contributed by atoms with E-state index in [-0.39, 0.29) is 6.04 Å². The number of rotatable bonds is 2. The van der Waals surface area contributed by atoms with Gasteiger partial charge in [0.2, 0.25) is 0 Å². The Morgan fingerprint density at radius 3 is 3.00 bits per heavy atom. The Hall–Kier alpha value is -0.870. The molecule has 2 atom stereocenters. The van der Waals surface area contributed by atoms with Crippen molar-refractivity contribution in [2.75, 3.05) is 6.54 Å². The molecule has 1 fully saturated rings. The van der Waals surface area contributed by atoms with E-state index in [4.69, 9.17) is 0 Å². The summed E-state index contributed by atoms with van der Waals surface area (Å²) in [6.07, 6.45) is 3.88. The minimum atomic E-state index is -0.818. The van der Waals surface area contributed by atoms with Crippen LogP contribution in [0.4, 0.5) is 0 Å². The standard InChI is InChI=1S/C10H17N3O/c1-10(14,8-4-3-6-11-8)9-5-7-12-13(9)2/h5,7-8,11,14H,3-4,6H2,1-2H3. The van der Waals surface area contributed by atoms with Crippen LogP contribution in [0.3, 0.4) is 0 Å². The summed E-state index contributed by atoms with van der Waals surface area (Å²) in [5.74, 6) is 0. The largest absolute Gasteiger partial charge is 0.382 e. The van der Waals surface area contributed by atoms with Crippen LogP contribution in [0.5, 0.6) is 0 Å². The molecule has 2 N–H and O–H groups in total. The van der Waals surface area contributed by atoms with E-state index in [0.29, 0.717) is 0 Å². The lowest BCUT2D eigenvalue weighted by atomic mass is 9.91. The third-order valence-electron chi connectivity index (χ3n) is 3.08. The monoisotopic (exact) mass is 195 g/mol. The Morgan fingerprint density at radius 1 is 1.71 bits per heavy atom. The molecule has 14 heavy (non-hydrogen) atoms. The van der Waals surface area contributed by atoms with Crippen LogP contribution in [0.15, 0.2) is 12.3 Å². The van der Waals surface area contributed by atoms with E-state index in [1.165, 1.54) is 0 Å². The highest BCUT2D eigenvalue weighted by Gasteiger charge is 2.37. The maximum absolute atomic E-state index is 10.4. The first kappa shape index (κ1) is 9.68. The average Bonchev–Trinajstić information content (AvgIpc) is 2.72. The zero-order chi connectivity index (χ0) is 10.2. The molecule has 1 aromatic rings. The highest BCUT2D eigenvalue weighted by molar-refractivity contribution is 5.14. The van der Waals surface area contributed by atoms with E-state index in [1.807, 2.05) is 20.0 Å². The van der Waals surface area contributed by atoms with Crippen LogP contribution >= 0.6 is 0 Å². The summed E-state index contributed by atoms with van der Waals surface area (Å²) in [4.78, 5) is 0. The van der Waals surface area contributed by atoms with Crippen LogP contribution in [0.2, 0.25) is 0 Å². The van der Waals surface area contributed by atoms with Crippen LogP contribution < -0.4 is 5.32 Å². The maximum Gasteiger partial charge on any atom is 0.119 e. The van der Waals surface area contributed by atoms with Crippen LogP contribution in [-0.4, -0.2) is 27.5 Å². The van der Waals surface area contributed by atoms with Crippen molar-refractivity contribution >= 4 is 0 Å². The first-order valence-corrected chi connectivity index (χ1v) is 5.06. The topological polar surface area (TPSA) is 50.1 Å². The molecule has 0 radical (unpaired) electrons. The van der Waals surface area contributed by atoms with Gasteiger partial charge >= 0.3 is 0 Å². The molecule has 0 saturated carbocycles. The Bertz CT molecular complexity index is 313. The van der Waals surface area contributed by atoms with E-state index in [0.717, 1.165) is 25.1 Å². The van der Waals surface area contributed by atoms with Gasteiger partial charge in [-0.05, 0) is 32.4 Å². The summed E-state index contributed by atoms with van der Waals surface area (Å²) < 4.78 is 1.74. The molecule has 2 heterocycles. The first-order valence-electron chi connectivity index (χ1n) is 5.06. The number of nitrogens with zero attached hydrogens (tertiary/aromatic N) is 2. The molecule has 78 valence electrons. The van der Waals surface area contributed by atoms with Gasteiger partial charge in [-0.15, -0.1) is 0 Å². The molecule has 0 amide bonds. The highest BCUT2D eigenvalue weighted by Crippen LogP contribution is 2.28. The minimum absolute atomic E-state index is 0.151. The molecule has 2 unspecified atom stereocenters. The Morgan fingerprint density at radius 2 is 2.50 bits per heavy atom. The van der Waals surface area contributed by atoms with E-state index in [1.54, 1.807) is 10.9 Å². The van der Waals surface area contributed by atoms with E-state index >= 15 is 0 Å². The van der Waals surface area contributed by atoms with Gasteiger partial charge in [-0.1, -0.05) is 0 Å². The summed E-state index contributed by atoms with van der Waals surface area (Å²) in [5.41, 5.74) is 0.0544. The molecule has 1 aliphatic rings. The molecule has 1 saturated heterocycles. The molecule has 0 aliphatic carbocycles. The van der Waals surface area contributed by atoms with Gasteiger partial charge in [0, 0.05) is 19.3 Å². The van der Waals surface area contributed by atoms with Crippen molar-refractivity contribution in [3.63, 3.8) is 0 Å².